The van der Waals surface area contributed by atoms with Crippen molar-refractivity contribution in [3.63, 3.8) is 0 Å². The van der Waals surface area contributed by atoms with Gasteiger partial charge in [-0.25, -0.2) is 0 Å². The number of hydrogen-bond donors (Lipinski definition) is 1. The average Bonchev–Trinajstić information content (AvgIpc) is 3.22. The molecule has 0 saturated carbocycles. The molecule has 0 atom stereocenters. The van der Waals surface area contributed by atoms with E-state index < -0.39 is 5.97 Å². The van der Waals surface area contributed by atoms with Crippen LogP contribution in [-0.4, -0.2) is 38.7 Å². The Bertz CT molecular complexity index is 766. The molecule has 6 heteroatoms. The lowest BCUT2D eigenvalue weighted by Gasteiger charge is -2.17. The predicted octanol–water partition coefficient (Wildman–Crippen LogP) is 3.02. The Kier molecular flexibility index (Phi) is 6.30. The number of carbonyl (C=O) groups excluding carboxylic acids is 2. The number of amides is 1. The zero-order valence-electron chi connectivity index (χ0n) is 15.4. The smallest absolute Gasteiger partial charge is 0.310 e. The monoisotopic (exact) mass is 368 g/mol. The lowest BCUT2D eigenvalue weighted by molar-refractivity contribution is -0.146. The van der Waals surface area contributed by atoms with Gasteiger partial charge in [-0.1, -0.05) is 12.1 Å². The number of esters is 1. The molecule has 1 amide bonds. The van der Waals surface area contributed by atoms with Crippen molar-refractivity contribution in [1.82, 2.24) is 0 Å². The van der Waals surface area contributed by atoms with Crippen LogP contribution in [0.3, 0.4) is 0 Å². The number of hydrogen-bond acceptors (Lipinski definition) is 5. The van der Waals surface area contributed by atoms with Gasteiger partial charge in [-0.15, -0.1) is 0 Å². The first-order valence-electron chi connectivity index (χ1n) is 9.07. The molecule has 3 rings (SSSR count). The summed E-state index contributed by atoms with van der Waals surface area (Å²) in [6, 6.07) is 14.9. The Balaban J connectivity index is 1.42. The van der Waals surface area contributed by atoms with E-state index in [9.17, 15) is 9.59 Å². The maximum Gasteiger partial charge on any atom is 0.310 e. The quantitative estimate of drug-likeness (QED) is 0.761. The number of anilines is 2. The molecule has 0 spiro atoms. The van der Waals surface area contributed by atoms with Crippen molar-refractivity contribution in [2.45, 2.75) is 19.3 Å². The van der Waals surface area contributed by atoms with E-state index in [2.05, 4.69) is 10.2 Å². The van der Waals surface area contributed by atoms with Gasteiger partial charge in [0.15, 0.2) is 6.61 Å². The number of rotatable bonds is 7. The summed E-state index contributed by atoms with van der Waals surface area (Å²) in [5.74, 6) is -0.0750. The van der Waals surface area contributed by atoms with E-state index >= 15 is 0 Å². The average molecular weight is 368 g/mol. The lowest BCUT2D eigenvalue weighted by Crippen LogP contribution is -2.22. The minimum atomic E-state index is -0.445. The summed E-state index contributed by atoms with van der Waals surface area (Å²) >= 11 is 0. The van der Waals surface area contributed by atoms with Crippen molar-refractivity contribution in [3.05, 3.63) is 54.1 Å². The van der Waals surface area contributed by atoms with E-state index in [0.29, 0.717) is 5.69 Å². The van der Waals surface area contributed by atoms with Crippen molar-refractivity contribution in [2.24, 2.45) is 0 Å². The Morgan fingerprint density at radius 3 is 2.30 bits per heavy atom. The van der Waals surface area contributed by atoms with Crippen molar-refractivity contribution < 1.29 is 19.1 Å². The van der Waals surface area contributed by atoms with Gasteiger partial charge in [-0.3, -0.25) is 9.59 Å². The van der Waals surface area contributed by atoms with E-state index in [4.69, 9.17) is 9.47 Å². The van der Waals surface area contributed by atoms with Crippen LogP contribution in [0.4, 0.5) is 11.4 Å². The van der Waals surface area contributed by atoms with E-state index in [1.807, 2.05) is 24.3 Å². The molecule has 1 aliphatic rings. The van der Waals surface area contributed by atoms with Gasteiger partial charge in [-0.05, 0) is 54.8 Å². The summed E-state index contributed by atoms with van der Waals surface area (Å²) in [7, 11) is 1.59. The zero-order chi connectivity index (χ0) is 19.1. The van der Waals surface area contributed by atoms with Gasteiger partial charge >= 0.3 is 5.97 Å². The number of nitrogens with zero attached hydrogens (tertiary/aromatic N) is 1. The molecule has 1 aliphatic heterocycles. The Labute approximate surface area is 159 Å². The lowest BCUT2D eigenvalue weighted by atomic mass is 10.1. The van der Waals surface area contributed by atoms with Crippen LogP contribution in [0.25, 0.3) is 0 Å². The van der Waals surface area contributed by atoms with Gasteiger partial charge in [0.05, 0.1) is 13.5 Å². The Hall–Kier alpha value is -3.02. The van der Waals surface area contributed by atoms with E-state index in [1.165, 1.54) is 12.8 Å². The van der Waals surface area contributed by atoms with E-state index in [-0.39, 0.29) is 18.9 Å². The highest BCUT2D eigenvalue weighted by Crippen LogP contribution is 2.22. The summed E-state index contributed by atoms with van der Waals surface area (Å²) in [5, 5.41) is 2.74. The zero-order valence-corrected chi connectivity index (χ0v) is 15.4. The van der Waals surface area contributed by atoms with Crippen molar-refractivity contribution in [2.75, 3.05) is 37.0 Å². The first-order valence-corrected chi connectivity index (χ1v) is 9.07. The fourth-order valence-corrected chi connectivity index (χ4v) is 3.04. The molecule has 0 aliphatic carbocycles. The Morgan fingerprint density at radius 1 is 1.00 bits per heavy atom. The molecule has 1 N–H and O–H groups in total. The molecule has 0 aromatic heterocycles. The molecule has 0 unspecified atom stereocenters. The third-order valence-corrected chi connectivity index (χ3v) is 4.49. The number of benzene rings is 2. The van der Waals surface area contributed by atoms with Crippen LogP contribution in [0.15, 0.2) is 48.5 Å². The third-order valence-electron chi connectivity index (χ3n) is 4.49. The first-order chi connectivity index (χ1) is 13.1. The molecule has 2 aromatic carbocycles. The van der Waals surface area contributed by atoms with Crippen LogP contribution in [-0.2, 0) is 20.7 Å². The van der Waals surface area contributed by atoms with Gasteiger partial charge in [0.2, 0.25) is 0 Å². The normalized spacial score (nSPS) is 13.3. The van der Waals surface area contributed by atoms with Gasteiger partial charge in [0, 0.05) is 24.5 Å². The topological polar surface area (TPSA) is 67.9 Å². The van der Waals surface area contributed by atoms with Crippen LogP contribution >= 0.6 is 0 Å². The number of nitrogens with one attached hydrogen (secondary N) is 1. The number of carbonyl (C=O) groups is 2. The highest BCUT2D eigenvalue weighted by molar-refractivity contribution is 5.93. The van der Waals surface area contributed by atoms with Crippen LogP contribution in [0.2, 0.25) is 0 Å². The summed E-state index contributed by atoms with van der Waals surface area (Å²) in [4.78, 5) is 26.2. The van der Waals surface area contributed by atoms with E-state index in [1.54, 1.807) is 31.4 Å². The number of methoxy groups -OCH3 is 1. The molecular weight excluding hydrogens is 344 g/mol. The minimum absolute atomic E-state index is 0.113. The van der Waals surface area contributed by atoms with Crippen LogP contribution in [0.1, 0.15) is 18.4 Å². The molecule has 1 saturated heterocycles. The fourth-order valence-electron chi connectivity index (χ4n) is 3.04. The molecule has 6 nitrogen and oxygen atoms in total. The SMILES string of the molecule is COc1ccc(CC(=O)OCC(=O)Nc2ccc(N3CCCC3)cc2)cc1. The van der Waals surface area contributed by atoms with Crippen LogP contribution in [0, 0.1) is 0 Å². The van der Waals surface area contributed by atoms with Crippen molar-refractivity contribution in [1.29, 1.82) is 0 Å². The summed E-state index contributed by atoms with van der Waals surface area (Å²) in [5.41, 5.74) is 2.66. The van der Waals surface area contributed by atoms with Gasteiger partial charge in [0.1, 0.15) is 5.75 Å². The molecule has 0 bridgehead atoms. The van der Waals surface area contributed by atoms with Crippen LogP contribution < -0.4 is 15.0 Å². The third kappa shape index (κ3) is 5.48. The second-order valence-corrected chi connectivity index (χ2v) is 6.47. The molecular formula is C21H24N2O4. The standard InChI is InChI=1S/C21H24N2O4/c1-26-19-10-4-16(5-11-19)14-21(25)27-15-20(24)22-17-6-8-18(9-7-17)23-12-2-3-13-23/h4-11H,2-3,12-15H2,1H3,(H,22,24). The molecule has 1 heterocycles. The summed E-state index contributed by atoms with van der Waals surface area (Å²) < 4.78 is 10.1. The van der Waals surface area contributed by atoms with Gasteiger partial charge in [0.25, 0.3) is 5.91 Å². The summed E-state index contributed by atoms with van der Waals surface area (Å²) in [6.07, 6.45) is 2.56. The van der Waals surface area contributed by atoms with Crippen molar-refractivity contribution in [3.8, 4) is 5.75 Å². The number of ether oxygens (including phenoxy) is 2. The largest absolute Gasteiger partial charge is 0.497 e. The second kappa shape index (κ2) is 9.07. The van der Waals surface area contributed by atoms with E-state index in [0.717, 1.165) is 30.1 Å². The summed E-state index contributed by atoms with van der Waals surface area (Å²) in [6.45, 7) is 1.86. The minimum Gasteiger partial charge on any atom is -0.497 e. The fraction of sp³-hybridized carbons (Fsp3) is 0.333. The molecule has 0 radical (unpaired) electrons. The van der Waals surface area contributed by atoms with Crippen LogP contribution in [0.5, 0.6) is 5.75 Å². The molecule has 142 valence electrons. The first kappa shape index (κ1) is 18.8. The highest BCUT2D eigenvalue weighted by Gasteiger charge is 2.13. The van der Waals surface area contributed by atoms with Crippen molar-refractivity contribution >= 4 is 23.3 Å². The van der Waals surface area contributed by atoms with Gasteiger partial charge < -0.3 is 19.7 Å². The molecule has 2 aromatic rings. The second-order valence-electron chi connectivity index (χ2n) is 6.47. The maximum absolute atomic E-state index is 12.0. The highest BCUT2D eigenvalue weighted by atomic mass is 16.5. The molecule has 1 fully saturated rings. The predicted molar refractivity (Wildman–Crippen MR) is 104 cm³/mol. The molecule has 27 heavy (non-hydrogen) atoms. The Morgan fingerprint density at radius 2 is 1.67 bits per heavy atom. The van der Waals surface area contributed by atoms with Gasteiger partial charge in [-0.2, -0.15) is 0 Å². The maximum atomic E-state index is 12.0.